The van der Waals surface area contributed by atoms with Gasteiger partial charge in [0.05, 0.1) is 0 Å². The zero-order chi connectivity index (χ0) is 11.3. The summed E-state index contributed by atoms with van der Waals surface area (Å²) in [6, 6.07) is 0. The molecule has 0 fully saturated rings. The van der Waals surface area contributed by atoms with E-state index in [1.54, 1.807) is 0 Å². The van der Waals surface area contributed by atoms with Gasteiger partial charge in [0.1, 0.15) is 0 Å². The van der Waals surface area contributed by atoms with Gasteiger partial charge in [-0.05, 0) is 19.8 Å². The lowest BCUT2D eigenvalue weighted by atomic mass is 10.2. The molecule has 0 N–H and O–H groups in total. The maximum Gasteiger partial charge on any atom is -0.0287 e. The molecule has 0 aliphatic heterocycles. The lowest BCUT2D eigenvalue weighted by Gasteiger charge is -1.89. The van der Waals surface area contributed by atoms with Gasteiger partial charge < -0.3 is 0 Å². The van der Waals surface area contributed by atoms with Gasteiger partial charge in [-0.3, -0.25) is 0 Å². The molecule has 0 spiro atoms. The van der Waals surface area contributed by atoms with Crippen LogP contribution < -0.4 is 0 Å². The van der Waals surface area contributed by atoms with Crippen molar-refractivity contribution in [3.8, 4) is 0 Å². The molecule has 0 aromatic carbocycles. The number of hydrogen-bond donors (Lipinski definition) is 0. The Morgan fingerprint density at radius 2 is 1.31 bits per heavy atom. The fourth-order valence-corrected chi connectivity index (χ4v) is 0.470. The molecule has 0 saturated carbocycles. The van der Waals surface area contributed by atoms with E-state index in [1.165, 1.54) is 5.57 Å². The van der Waals surface area contributed by atoms with Crippen LogP contribution in [-0.2, 0) is 0 Å². The maximum atomic E-state index is 2.19. The Morgan fingerprint density at radius 1 is 0.923 bits per heavy atom. The molecule has 0 unspecified atom stereocenters. The Morgan fingerprint density at radius 3 is 1.54 bits per heavy atom. The first-order valence-corrected chi connectivity index (χ1v) is 5.44. The van der Waals surface area contributed by atoms with E-state index in [9.17, 15) is 0 Å². The molecule has 0 aliphatic carbocycles. The summed E-state index contributed by atoms with van der Waals surface area (Å²) >= 11 is 0. The van der Waals surface area contributed by atoms with Crippen molar-refractivity contribution in [1.82, 2.24) is 0 Å². The molecule has 0 aliphatic rings. The minimum atomic E-state index is 0.667. The predicted octanol–water partition coefficient (Wildman–Crippen LogP) is 5.22. The van der Waals surface area contributed by atoms with Crippen molar-refractivity contribution in [2.45, 2.75) is 55.4 Å². The van der Waals surface area contributed by atoms with Gasteiger partial charge in [-0.2, -0.15) is 0 Å². The van der Waals surface area contributed by atoms with Gasteiger partial charge in [0.15, 0.2) is 0 Å². The summed E-state index contributed by atoms with van der Waals surface area (Å²) in [6.45, 7) is 16.6. The van der Waals surface area contributed by atoms with Crippen molar-refractivity contribution >= 4 is 0 Å². The number of rotatable bonds is 2. The summed E-state index contributed by atoms with van der Waals surface area (Å²) in [5, 5.41) is 0. The van der Waals surface area contributed by atoms with Crippen molar-refractivity contribution in [3.63, 3.8) is 0 Å². The molecular formula is C13H28. The monoisotopic (exact) mass is 184 g/mol. The molecule has 0 bridgehead atoms. The standard InChI is InChI=1S/C9H16.2C2H6/c1-8(2)6-5-7-9(3)4;2*1-2/h5-8H,1-4H3;2*1-2H3/b6-5-;;. The summed E-state index contributed by atoms with van der Waals surface area (Å²) < 4.78 is 0. The third kappa shape index (κ3) is 34.4. The molecule has 0 aromatic rings. The van der Waals surface area contributed by atoms with Crippen molar-refractivity contribution in [2.75, 3.05) is 0 Å². The minimum absolute atomic E-state index is 0.667. The molecule has 0 heterocycles. The number of allylic oxidation sites excluding steroid dienone is 4. The van der Waals surface area contributed by atoms with Gasteiger partial charge in [0.25, 0.3) is 0 Å². The fourth-order valence-electron chi connectivity index (χ4n) is 0.470. The third-order valence-corrected chi connectivity index (χ3v) is 0.926. The normalized spacial score (nSPS) is 8.38. The summed E-state index contributed by atoms with van der Waals surface area (Å²) in [4.78, 5) is 0. The van der Waals surface area contributed by atoms with Crippen molar-refractivity contribution in [2.24, 2.45) is 5.92 Å². The van der Waals surface area contributed by atoms with Crippen LogP contribution in [0, 0.1) is 5.92 Å². The first-order valence-electron chi connectivity index (χ1n) is 5.44. The zero-order valence-electron chi connectivity index (χ0n) is 10.8. The predicted molar refractivity (Wildman–Crippen MR) is 66.1 cm³/mol. The van der Waals surface area contributed by atoms with Crippen molar-refractivity contribution < 1.29 is 0 Å². The third-order valence-electron chi connectivity index (χ3n) is 0.926. The Labute approximate surface area is 85.8 Å². The molecule has 0 rings (SSSR count). The number of hydrogen-bond acceptors (Lipinski definition) is 0. The van der Waals surface area contributed by atoms with Crippen LogP contribution in [0.1, 0.15) is 55.4 Å². The van der Waals surface area contributed by atoms with E-state index in [4.69, 9.17) is 0 Å². The minimum Gasteiger partial charge on any atom is -0.0820 e. The second kappa shape index (κ2) is 17.5. The first kappa shape index (κ1) is 18.3. The van der Waals surface area contributed by atoms with E-state index in [-0.39, 0.29) is 0 Å². The SMILES string of the molecule is CC.CC.CC(C)=C/C=C\C(C)C. The van der Waals surface area contributed by atoms with Crippen LogP contribution in [0.4, 0.5) is 0 Å². The molecule has 0 radical (unpaired) electrons. The average Bonchev–Trinajstić information content (AvgIpc) is 2.10. The summed E-state index contributed by atoms with van der Waals surface area (Å²) in [6.07, 6.45) is 6.42. The molecule has 0 nitrogen and oxygen atoms in total. The Balaban J connectivity index is -0.000000218. The second-order valence-corrected chi connectivity index (χ2v) is 2.87. The van der Waals surface area contributed by atoms with E-state index in [0.717, 1.165) is 0 Å². The Kier molecular flexibility index (Phi) is 24.7. The van der Waals surface area contributed by atoms with Crippen LogP contribution in [0.3, 0.4) is 0 Å². The van der Waals surface area contributed by atoms with Crippen LogP contribution >= 0.6 is 0 Å². The summed E-state index contributed by atoms with van der Waals surface area (Å²) in [5.41, 5.74) is 1.35. The lowest BCUT2D eigenvalue weighted by molar-refractivity contribution is 0.832. The van der Waals surface area contributed by atoms with Crippen molar-refractivity contribution in [3.05, 3.63) is 23.8 Å². The topological polar surface area (TPSA) is 0 Å². The Hall–Kier alpha value is -0.520. The van der Waals surface area contributed by atoms with Gasteiger partial charge in [0, 0.05) is 0 Å². The van der Waals surface area contributed by atoms with E-state index in [0.29, 0.717) is 5.92 Å². The Bertz CT molecular complexity index is 112. The average molecular weight is 184 g/mol. The molecule has 80 valence electrons. The maximum absolute atomic E-state index is 2.19. The summed E-state index contributed by atoms with van der Waals surface area (Å²) in [5.74, 6) is 0.667. The fraction of sp³-hybridized carbons (Fsp3) is 0.692. The highest BCUT2D eigenvalue weighted by molar-refractivity contribution is 5.08. The van der Waals surface area contributed by atoms with E-state index in [1.807, 2.05) is 27.7 Å². The van der Waals surface area contributed by atoms with E-state index in [2.05, 4.69) is 45.9 Å². The highest BCUT2D eigenvalue weighted by Gasteiger charge is 1.79. The largest absolute Gasteiger partial charge is 0.0820 e. The van der Waals surface area contributed by atoms with Crippen molar-refractivity contribution in [1.29, 1.82) is 0 Å². The van der Waals surface area contributed by atoms with Crippen LogP contribution in [0.2, 0.25) is 0 Å². The van der Waals surface area contributed by atoms with E-state index >= 15 is 0 Å². The highest BCUT2D eigenvalue weighted by Crippen LogP contribution is 1.95. The van der Waals surface area contributed by atoms with E-state index < -0.39 is 0 Å². The van der Waals surface area contributed by atoms with Gasteiger partial charge in [-0.25, -0.2) is 0 Å². The molecular weight excluding hydrogens is 156 g/mol. The van der Waals surface area contributed by atoms with Crippen LogP contribution in [0.15, 0.2) is 23.8 Å². The quantitative estimate of drug-likeness (QED) is 0.516. The van der Waals surface area contributed by atoms with Gasteiger partial charge >= 0.3 is 0 Å². The summed E-state index contributed by atoms with van der Waals surface area (Å²) in [7, 11) is 0. The molecule has 0 aromatic heterocycles. The van der Waals surface area contributed by atoms with Crippen LogP contribution in [0.25, 0.3) is 0 Å². The lowest BCUT2D eigenvalue weighted by Crippen LogP contribution is -1.74. The van der Waals surface area contributed by atoms with Gasteiger partial charge in [-0.1, -0.05) is 65.3 Å². The van der Waals surface area contributed by atoms with Crippen LogP contribution in [-0.4, -0.2) is 0 Å². The molecule has 0 saturated heterocycles. The van der Waals surface area contributed by atoms with Gasteiger partial charge in [-0.15, -0.1) is 0 Å². The molecule has 13 heavy (non-hydrogen) atoms. The smallest absolute Gasteiger partial charge is 0.0287 e. The zero-order valence-corrected chi connectivity index (χ0v) is 10.8. The molecule has 0 atom stereocenters. The molecule has 0 heteroatoms. The molecule has 0 amide bonds. The van der Waals surface area contributed by atoms with Gasteiger partial charge in [0.2, 0.25) is 0 Å². The second-order valence-electron chi connectivity index (χ2n) is 2.87. The van der Waals surface area contributed by atoms with Crippen LogP contribution in [0.5, 0.6) is 0 Å². The highest BCUT2D eigenvalue weighted by atomic mass is 13.9. The first-order chi connectivity index (χ1) is 6.13.